The highest BCUT2D eigenvalue weighted by Crippen LogP contribution is 2.24. The third kappa shape index (κ3) is 3.75. The van der Waals surface area contributed by atoms with Crippen LogP contribution < -0.4 is 0 Å². The van der Waals surface area contributed by atoms with Gasteiger partial charge in [-0.25, -0.2) is 8.42 Å². The second kappa shape index (κ2) is 6.24. The molecule has 128 valence electrons. The molecule has 0 aromatic heterocycles. The Bertz CT molecular complexity index is 697. The normalized spacial score (nSPS) is 17.3. The van der Waals surface area contributed by atoms with Gasteiger partial charge in [-0.3, -0.25) is 4.79 Å². The maximum Gasteiger partial charge on any atom is 0.243 e. The van der Waals surface area contributed by atoms with Crippen molar-refractivity contribution in [2.24, 2.45) is 5.41 Å². The molecule has 1 heterocycles. The summed E-state index contributed by atoms with van der Waals surface area (Å²) in [4.78, 5) is 14.4. The van der Waals surface area contributed by atoms with E-state index >= 15 is 0 Å². The molecule has 1 fully saturated rings. The van der Waals surface area contributed by atoms with E-state index in [1.807, 2.05) is 46.8 Å². The zero-order chi connectivity index (χ0) is 17.4. The SMILES string of the molecule is Cc1ccc(C)c(S(=O)(=O)N2CCN(C(=O)C(C)(C)C)CC2)c1. The first kappa shape index (κ1) is 17.9. The lowest BCUT2D eigenvalue weighted by Crippen LogP contribution is -2.53. The van der Waals surface area contributed by atoms with Crippen molar-refractivity contribution in [3.8, 4) is 0 Å². The van der Waals surface area contributed by atoms with Crippen LogP contribution in [-0.2, 0) is 14.8 Å². The Morgan fingerprint density at radius 3 is 2.13 bits per heavy atom. The molecular weight excluding hydrogens is 312 g/mol. The molecule has 0 radical (unpaired) electrons. The van der Waals surface area contributed by atoms with Gasteiger partial charge in [-0.15, -0.1) is 0 Å². The molecule has 1 aliphatic heterocycles. The Morgan fingerprint density at radius 1 is 1.04 bits per heavy atom. The van der Waals surface area contributed by atoms with E-state index in [1.54, 1.807) is 11.0 Å². The smallest absolute Gasteiger partial charge is 0.243 e. The number of sulfonamides is 1. The zero-order valence-electron chi connectivity index (χ0n) is 14.6. The fourth-order valence-corrected chi connectivity index (χ4v) is 4.46. The minimum Gasteiger partial charge on any atom is -0.340 e. The largest absolute Gasteiger partial charge is 0.340 e. The third-order valence-electron chi connectivity index (χ3n) is 4.13. The van der Waals surface area contributed by atoms with Crippen LogP contribution in [0.15, 0.2) is 23.1 Å². The van der Waals surface area contributed by atoms with Gasteiger partial charge in [0.05, 0.1) is 4.90 Å². The summed E-state index contributed by atoms with van der Waals surface area (Å²) in [6, 6.07) is 5.47. The molecule has 1 aliphatic rings. The highest BCUT2D eigenvalue weighted by molar-refractivity contribution is 7.89. The number of amides is 1. The quantitative estimate of drug-likeness (QED) is 0.830. The van der Waals surface area contributed by atoms with Gasteiger partial charge in [0.2, 0.25) is 15.9 Å². The monoisotopic (exact) mass is 338 g/mol. The Balaban J connectivity index is 2.16. The summed E-state index contributed by atoms with van der Waals surface area (Å²) in [5.41, 5.74) is 1.24. The molecule has 0 spiro atoms. The molecule has 0 aliphatic carbocycles. The van der Waals surface area contributed by atoms with Crippen LogP contribution >= 0.6 is 0 Å². The first-order valence-corrected chi connectivity index (χ1v) is 9.34. The van der Waals surface area contributed by atoms with Crippen LogP contribution in [0.2, 0.25) is 0 Å². The topological polar surface area (TPSA) is 57.7 Å². The molecule has 1 amide bonds. The van der Waals surface area contributed by atoms with Gasteiger partial charge < -0.3 is 4.90 Å². The molecule has 23 heavy (non-hydrogen) atoms. The van der Waals surface area contributed by atoms with Crippen molar-refractivity contribution < 1.29 is 13.2 Å². The summed E-state index contributed by atoms with van der Waals surface area (Å²) in [5, 5.41) is 0. The van der Waals surface area contributed by atoms with Gasteiger partial charge in [0.25, 0.3) is 0 Å². The third-order valence-corrected chi connectivity index (χ3v) is 6.17. The number of nitrogens with zero attached hydrogens (tertiary/aromatic N) is 2. The molecule has 1 aromatic rings. The Hall–Kier alpha value is -1.40. The maximum atomic E-state index is 12.9. The summed E-state index contributed by atoms with van der Waals surface area (Å²) in [6.07, 6.45) is 0. The fourth-order valence-electron chi connectivity index (χ4n) is 2.73. The van der Waals surface area contributed by atoms with Crippen LogP contribution in [0, 0.1) is 19.3 Å². The van der Waals surface area contributed by atoms with Crippen molar-refractivity contribution in [3.05, 3.63) is 29.3 Å². The summed E-state index contributed by atoms with van der Waals surface area (Å²) < 4.78 is 27.2. The lowest BCUT2D eigenvalue weighted by Gasteiger charge is -2.37. The summed E-state index contributed by atoms with van der Waals surface area (Å²) in [7, 11) is -3.50. The molecule has 0 bridgehead atoms. The standard InChI is InChI=1S/C17H26N2O3S/c1-13-6-7-14(2)15(12-13)23(21,22)19-10-8-18(9-11-19)16(20)17(3,4)5/h6-7,12H,8-11H2,1-5H3. The molecule has 5 nitrogen and oxygen atoms in total. The van der Waals surface area contributed by atoms with Gasteiger partial charge in [-0.2, -0.15) is 4.31 Å². The number of hydrogen-bond donors (Lipinski definition) is 0. The van der Waals surface area contributed by atoms with Gasteiger partial charge in [0.15, 0.2) is 0 Å². The number of piperazine rings is 1. The van der Waals surface area contributed by atoms with E-state index in [1.165, 1.54) is 4.31 Å². The van der Waals surface area contributed by atoms with Crippen molar-refractivity contribution in [1.82, 2.24) is 9.21 Å². The number of benzene rings is 1. The van der Waals surface area contributed by atoms with E-state index in [9.17, 15) is 13.2 Å². The molecule has 0 saturated carbocycles. The predicted octanol–water partition coefficient (Wildman–Crippen LogP) is 2.18. The zero-order valence-corrected chi connectivity index (χ0v) is 15.4. The van der Waals surface area contributed by atoms with Gasteiger partial charge in [0, 0.05) is 31.6 Å². The Morgan fingerprint density at radius 2 is 1.61 bits per heavy atom. The van der Waals surface area contributed by atoms with E-state index < -0.39 is 15.4 Å². The average molecular weight is 338 g/mol. The van der Waals surface area contributed by atoms with E-state index in [0.29, 0.717) is 31.1 Å². The molecular formula is C17H26N2O3S. The van der Waals surface area contributed by atoms with E-state index in [2.05, 4.69) is 0 Å². The van der Waals surface area contributed by atoms with Crippen LogP contribution in [0.3, 0.4) is 0 Å². The number of carbonyl (C=O) groups excluding carboxylic acids is 1. The Labute approximate surface area is 139 Å². The van der Waals surface area contributed by atoms with Gasteiger partial charge >= 0.3 is 0 Å². The number of hydrogen-bond acceptors (Lipinski definition) is 3. The first-order valence-electron chi connectivity index (χ1n) is 7.90. The number of rotatable bonds is 2. The minimum absolute atomic E-state index is 0.0706. The second-order valence-corrected chi connectivity index (χ2v) is 9.12. The second-order valence-electron chi connectivity index (χ2n) is 7.22. The predicted molar refractivity (Wildman–Crippen MR) is 90.7 cm³/mol. The molecule has 0 atom stereocenters. The molecule has 0 unspecified atom stereocenters. The Kier molecular flexibility index (Phi) is 4.87. The average Bonchev–Trinajstić information content (AvgIpc) is 2.48. The van der Waals surface area contributed by atoms with Crippen LogP contribution in [0.25, 0.3) is 0 Å². The summed E-state index contributed by atoms with van der Waals surface area (Å²) in [6.45, 7) is 10.9. The van der Waals surface area contributed by atoms with Gasteiger partial charge in [0.1, 0.15) is 0 Å². The minimum atomic E-state index is -3.50. The van der Waals surface area contributed by atoms with E-state index in [4.69, 9.17) is 0 Å². The van der Waals surface area contributed by atoms with Crippen LogP contribution in [0.5, 0.6) is 0 Å². The maximum absolute atomic E-state index is 12.9. The van der Waals surface area contributed by atoms with Crippen molar-refractivity contribution in [1.29, 1.82) is 0 Å². The highest BCUT2D eigenvalue weighted by Gasteiger charge is 2.34. The number of aryl methyl sites for hydroxylation is 2. The fraction of sp³-hybridized carbons (Fsp3) is 0.588. The van der Waals surface area contributed by atoms with Crippen molar-refractivity contribution >= 4 is 15.9 Å². The molecule has 1 saturated heterocycles. The van der Waals surface area contributed by atoms with Crippen LogP contribution in [-0.4, -0.2) is 49.7 Å². The lowest BCUT2D eigenvalue weighted by molar-refractivity contribution is -0.140. The molecule has 6 heteroatoms. The molecule has 2 rings (SSSR count). The van der Waals surface area contributed by atoms with Crippen molar-refractivity contribution in [2.75, 3.05) is 26.2 Å². The molecule has 0 N–H and O–H groups in total. The molecule has 1 aromatic carbocycles. The van der Waals surface area contributed by atoms with Crippen LogP contribution in [0.4, 0.5) is 0 Å². The number of carbonyl (C=O) groups is 1. The van der Waals surface area contributed by atoms with Gasteiger partial charge in [-0.1, -0.05) is 32.9 Å². The first-order chi connectivity index (χ1) is 10.5. The lowest BCUT2D eigenvalue weighted by atomic mass is 9.94. The van der Waals surface area contributed by atoms with E-state index in [-0.39, 0.29) is 5.91 Å². The van der Waals surface area contributed by atoms with E-state index in [0.717, 1.165) is 11.1 Å². The van der Waals surface area contributed by atoms with Crippen molar-refractivity contribution in [2.45, 2.75) is 39.5 Å². The van der Waals surface area contributed by atoms with Crippen LogP contribution in [0.1, 0.15) is 31.9 Å². The van der Waals surface area contributed by atoms with Gasteiger partial charge in [-0.05, 0) is 31.0 Å². The highest BCUT2D eigenvalue weighted by atomic mass is 32.2. The van der Waals surface area contributed by atoms with Crippen molar-refractivity contribution in [3.63, 3.8) is 0 Å². The summed E-state index contributed by atoms with van der Waals surface area (Å²) in [5.74, 6) is 0.0706. The summed E-state index contributed by atoms with van der Waals surface area (Å²) >= 11 is 0.